The summed E-state index contributed by atoms with van der Waals surface area (Å²) in [5.41, 5.74) is 2.34. The number of aromatic nitrogens is 5. The van der Waals surface area contributed by atoms with Crippen molar-refractivity contribution < 1.29 is 10.2 Å². The van der Waals surface area contributed by atoms with Gasteiger partial charge < -0.3 is 10.2 Å². The number of rotatable bonds is 3. The zero-order valence-electron chi connectivity index (χ0n) is 9.62. The molecule has 0 unspecified atom stereocenters. The van der Waals surface area contributed by atoms with Gasteiger partial charge in [0.2, 0.25) is 0 Å². The molecule has 0 atom stereocenters. The van der Waals surface area contributed by atoms with Crippen LogP contribution in [0.1, 0.15) is 22.8 Å². The van der Waals surface area contributed by atoms with Gasteiger partial charge in [-0.05, 0) is 19.9 Å². The van der Waals surface area contributed by atoms with E-state index in [0.717, 1.165) is 11.4 Å². The van der Waals surface area contributed by atoms with Crippen molar-refractivity contribution in [1.82, 2.24) is 25.0 Å². The summed E-state index contributed by atoms with van der Waals surface area (Å²) in [6.45, 7) is 3.14. The molecule has 0 saturated heterocycles. The summed E-state index contributed by atoms with van der Waals surface area (Å²) in [6, 6.07) is 1.84. The summed E-state index contributed by atoms with van der Waals surface area (Å²) >= 11 is 0. The fourth-order valence-electron chi connectivity index (χ4n) is 1.58. The van der Waals surface area contributed by atoms with Crippen LogP contribution in [0.4, 0.5) is 0 Å². The van der Waals surface area contributed by atoms with Crippen molar-refractivity contribution in [1.29, 1.82) is 0 Å². The summed E-state index contributed by atoms with van der Waals surface area (Å²) in [6.07, 6.45) is 0. The van der Waals surface area contributed by atoms with Crippen molar-refractivity contribution in [2.24, 2.45) is 0 Å². The number of aliphatic hydroxyl groups excluding tert-OH is 2. The van der Waals surface area contributed by atoms with Gasteiger partial charge in [0, 0.05) is 11.4 Å². The summed E-state index contributed by atoms with van der Waals surface area (Å²) in [5.74, 6) is 0.346. The topological polar surface area (TPSA) is 97.0 Å². The van der Waals surface area contributed by atoms with Crippen LogP contribution in [-0.2, 0) is 13.2 Å². The lowest BCUT2D eigenvalue weighted by Gasteiger charge is -2.05. The van der Waals surface area contributed by atoms with Gasteiger partial charge in [-0.3, -0.25) is 0 Å². The molecule has 2 heterocycles. The first-order valence-electron chi connectivity index (χ1n) is 5.13. The molecule has 90 valence electrons. The van der Waals surface area contributed by atoms with Crippen LogP contribution in [0.2, 0.25) is 0 Å². The number of nitrogens with zero attached hydrogens (tertiary/aromatic N) is 5. The molecule has 0 saturated carbocycles. The van der Waals surface area contributed by atoms with E-state index in [4.69, 9.17) is 5.11 Å². The molecule has 17 heavy (non-hydrogen) atoms. The Morgan fingerprint density at radius 1 is 1.12 bits per heavy atom. The molecule has 7 heteroatoms. The SMILES string of the molecule is Cc1cc(C)nc(-n2nnc(CO)c2CO)n1. The Morgan fingerprint density at radius 2 is 1.76 bits per heavy atom. The normalized spacial score (nSPS) is 10.8. The van der Waals surface area contributed by atoms with Gasteiger partial charge in [-0.15, -0.1) is 5.10 Å². The van der Waals surface area contributed by atoms with E-state index in [1.54, 1.807) is 0 Å². The third-order valence-electron chi connectivity index (χ3n) is 2.30. The Bertz CT molecular complexity index is 517. The lowest BCUT2D eigenvalue weighted by Crippen LogP contribution is -2.09. The Hall–Kier alpha value is -1.86. The van der Waals surface area contributed by atoms with Crippen molar-refractivity contribution in [3.05, 3.63) is 28.8 Å². The van der Waals surface area contributed by atoms with Gasteiger partial charge in [0.25, 0.3) is 5.95 Å². The number of hydrogen-bond acceptors (Lipinski definition) is 6. The van der Waals surface area contributed by atoms with Gasteiger partial charge in [-0.1, -0.05) is 5.21 Å². The van der Waals surface area contributed by atoms with E-state index in [0.29, 0.717) is 17.3 Å². The maximum atomic E-state index is 9.25. The van der Waals surface area contributed by atoms with E-state index in [9.17, 15) is 5.11 Å². The molecule has 0 radical (unpaired) electrons. The van der Waals surface area contributed by atoms with Crippen LogP contribution in [0.15, 0.2) is 6.07 Å². The Labute approximate surface area is 97.8 Å². The second kappa shape index (κ2) is 4.56. The molecule has 0 spiro atoms. The predicted molar refractivity (Wildman–Crippen MR) is 58.3 cm³/mol. The first-order valence-corrected chi connectivity index (χ1v) is 5.13. The Balaban J connectivity index is 2.55. The van der Waals surface area contributed by atoms with E-state index in [1.165, 1.54) is 4.68 Å². The molecule has 0 fully saturated rings. The second-order valence-electron chi connectivity index (χ2n) is 3.66. The molecular formula is C10H13N5O2. The molecule has 0 aliphatic carbocycles. The fourth-order valence-corrected chi connectivity index (χ4v) is 1.58. The van der Waals surface area contributed by atoms with Gasteiger partial charge in [0.15, 0.2) is 0 Å². The highest BCUT2D eigenvalue weighted by Gasteiger charge is 2.14. The largest absolute Gasteiger partial charge is 0.390 e. The van der Waals surface area contributed by atoms with Crippen LogP contribution in [0.25, 0.3) is 5.95 Å². The molecule has 0 amide bonds. The van der Waals surface area contributed by atoms with Crippen molar-refractivity contribution in [3.8, 4) is 5.95 Å². The van der Waals surface area contributed by atoms with Crippen molar-refractivity contribution in [3.63, 3.8) is 0 Å². The zero-order valence-corrected chi connectivity index (χ0v) is 9.62. The van der Waals surface area contributed by atoms with E-state index >= 15 is 0 Å². The Morgan fingerprint density at radius 3 is 2.29 bits per heavy atom. The van der Waals surface area contributed by atoms with E-state index in [1.807, 2.05) is 19.9 Å². The summed E-state index contributed by atoms with van der Waals surface area (Å²) in [4.78, 5) is 8.43. The minimum atomic E-state index is -0.279. The molecule has 2 N–H and O–H groups in total. The number of hydrogen-bond donors (Lipinski definition) is 2. The molecule has 7 nitrogen and oxygen atoms in total. The van der Waals surface area contributed by atoms with E-state index < -0.39 is 0 Å². The third-order valence-corrected chi connectivity index (χ3v) is 2.30. The van der Waals surface area contributed by atoms with Crippen molar-refractivity contribution >= 4 is 0 Å². The van der Waals surface area contributed by atoms with Crippen LogP contribution in [0.3, 0.4) is 0 Å². The smallest absolute Gasteiger partial charge is 0.252 e. The molecule has 0 aromatic carbocycles. The summed E-state index contributed by atoms with van der Waals surface area (Å²) in [7, 11) is 0. The van der Waals surface area contributed by atoms with Gasteiger partial charge >= 0.3 is 0 Å². The third kappa shape index (κ3) is 2.15. The molecular weight excluding hydrogens is 222 g/mol. The fraction of sp³-hybridized carbons (Fsp3) is 0.400. The van der Waals surface area contributed by atoms with Crippen LogP contribution < -0.4 is 0 Å². The monoisotopic (exact) mass is 235 g/mol. The number of aliphatic hydroxyl groups is 2. The van der Waals surface area contributed by atoms with Gasteiger partial charge in [-0.25, -0.2) is 9.97 Å². The average molecular weight is 235 g/mol. The first kappa shape index (κ1) is 11.6. The molecule has 2 aromatic heterocycles. The maximum Gasteiger partial charge on any atom is 0.252 e. The van der Waals surface area contributed by atoms with Crippen LogP contribution in [-0.4, -0.2) is 35.2 Å². The number of aryl methyl sites for hydroxylation is 2. The minimum absolute atomic E-state index is 0.277. The maximum absolute atomic E-state index is 9.25. The minimum Gasteiger partial charge on any atom is -0.390 e. The quantitative estimate of drug-likeness (QED) is 0.755. The molecule has 0 aliphatic heterocycles. The molecule has 0 aliphatic rings. The molecule has 2 rings (SSSR count). The van der Waals surface area contributed by atoms with Crippen molar-refractivity contribution in [2.45, 2.75) is 27.1 Å². The summed E-state index contributed by atoms with van der Waals surface area (Å²) in [5, 5.41) is 25.9. The average Bonchev–Trinajstić information content (AvgIpc) is 2.70. The second-order valence-corrected chi connectivity index (χ2v) is 3.66. The van der Waals surface area contributed by atoms with Crippen LogP contribution in [0, 0.1) is 13.8 Å². The highest BCUT2D eigenvalue weighted by Crippen LogP contribution is 2.11. The lowest BCUT2D eigenvalue weighted by molar-refractivity contribution is 0.252. The van der Waals surface area contributed by atoms with Gasteiger partial charge in [0.1, 0.15) is 5.69 Å². The van der Waals surface area contributed by atoms with Crippen LogP contribution in [0.5, 0.6) is 0 Å². The first-order chi connectivity index (χ1) is 8.15. The molecule has 2 aromatic rings. The van der Waals surface area contributed by atoms with Crippen molar-refractivity contribution in [2.75, 3.05) is 0 Å². The van der Waals surface area contributed by atoms with E-state index in [-0.39, 0.29) is 13.2 Å². The van der Waals surface area contributed by atoms with E-state index in [2.05, 4.69) is 20.3 Å². The summed E-state index contributed by atoms with van der Waals surface area (Å²) < 4.78 is 1.34. The molecule has 0 bridgehead atoms. The van der Waals surface area contributed by atoms with Crippen LogP contribution >= 0.6 is 0 Å². The van der Waals surface area contributed by atoms with Gasteiger partial charge in [0.05, 0.1) is 18.9 Å². The van der Waals surface area contributed by atoms with Gasteiger partial charge in [-0.2, -0.15) is 4.68 Å². The predicted octanol–water partition coefficient (Wildman–Crippen LogP) is -0.341. The Kier molecular flexibility index (Phi) is 3.12. The lowest BCUT2D eigenvalue weighted by atomic mass is 10.3. The highest BCUT2D eigenvalue weighted by atomic mass is 16.3. The zero-order chi connectivity index (χ0) is 12.4. The highest BCUT2D eigenvalue weighted by molar-refractivity contribution is 5.22. The standard InChI is InChI=1S/C10H13N5O2/c1-6-3-7(2)12-10(11-6)15-9(5-17)8(4-16)13-14-15/h3,16-17H,4-5H2,1-2H3.